The number of nitrogens with zero attached hydrogens (tertiary/aromatic N) is 2. The van der Waals surface area contributed by atoms with E-state index in [-0.39, 0.29) is 24.6 Å². The Kier molecular flexibility index (Phi) is 8.22. The molecule has 0 atom stereocenters. The van der Waals surface area contributed by atoms with Gasteiger partial charge in [0.1, 0.15) is 5.76 Å². The van der Waals surface area contributed by atoms with Crippen LogP contribution in [0, 0.1) is 5.41 Å². The van der Waals surface area contributed by atoms with Crippen LogP contribution in [-0.2, 0) is 13.2 Å². The van der Waals surface area contributed by atoms with Crippen LogP contribution < -0.4 is 10.6 Å². The molecular weight excluding hydrogens is 354 g/mol. The largest absolute Gasteiger partial charge is 0.507 e. The lowest BCUT2D eigenvalue weighted by atomic mass is 10.1. The number of piperidine rings is 1. The maximum atomic E-state index is 9.48. The van der Waals surface area contributed by atoms with Gasteiger partial charge in [0.05, 0.1) is 29.9 Å². The first-order chi connectivity index (χ1) is 13.5. The molecule has 1 aromatic carbocycles. The van der Waals surface area contributed by atoms with Gasteiger partial charge in [0.25, 0.3) is 0 Å². The number of allylic oxidation sites excluding steroid dienone is 3. The maximum Gasteiger partial charge on any atom is 0.204 e. The Morgan fingerprint density at radius 3 is 2.61 bits per heavy atom. The molecule has 7 heteroatoms. The molecule has 2 aromatic rings. The average molecular weight is 386 g/mol. The Bertz CT molecular complexity index is 831. The van der Waals surface area contributed by atoms with Crippen molar-refractivity contribution in [1.29, 1.82) is 5.41 Å². The number of rotatable bonds is 6. The molecule has 1 aliphatic heterocycles. The number of aromatic nitrogens is 2. The summed E-state index contributed by atoms with van der Waals surface area (Å²) in [4.78, 5) is 4.64. The van der Waals surface area contributed by atoms with Gasteiger partial charge in [0.15, 0.2) is 0 Å². The van der Waals surface area contributed by atoms with E-state index in [1.807, 2.05) is 48.8 Å². The molecule has 0 saturated carbocycles. The molecule has 5 N–H and O–H groups in total. The maximum absolute atomic E-state index is 9.48. The number of anilines is 1. The Hall–Kier alpha value is -2.64. The van der Waals surface area contributed by atoms with Crippen LogP contribution in [0.15, 0.2) is 42.7 Å². The van der Waals surface area contributed by atoms with E-state index in [1.54, 1.807) is 0 Å². The Labute approximate surface area is 166 Å². The topological polar surface area (TPSA) is 106 Å². The highest BCUT2D eigenvalue weighted by atomic mass is 16.3. The molecule has 3 rings (SSSR count). The fraction of sp³-hybridized carbons (Fsp3) is 0.429. The Morgan fingerprint density at radius 2 is 2.04 bits per heavy atom. The molecule has 2 heterocycles. The molecule has 7 nitrogen and oxygen atoms in total. The van der Waals surface area contributed by atoms with Gasteiger partial charge in [-0.2, -0.15) is 0 Å². The van der Waals surface area contributed by atoms with Gasteiger partial charge >= 0.3 is 0 Å². The second kappa shape index (κ2) is 10.6. The normalized spacial score (nSPS) is 14.7. The van der Waals surface area contributed by atoms with Crippen LogP contribution in [0.4, 0.5) is 5.95 Å². The van der Waals surface area contributed by atoms with Gasteiger partial charge in [0.2, 0.25) is 5.95 Å². The van der Waals surface area contributed by atoms with E-state index in [0.717, 1.165) is 42.5 Å². The quantitative estimate of drug-likeness (QED) is 0.298. The Morgan fingerprint density at radius 1 is 1.36 bits per heavy atom. The minimum absolute atomic E-state index is 0.0389. The predicted molar refractivity (Wildman–Crippen MR) is 115 cm³/mol. The lowest BCUT2D eigenvalue weighted by Crippen LogP contribution is -2.36. The van der Waals surface area contributed by atoms with Crippen molar-refractivity contribution >= 4 is 22.7 Å². The van der Waals surface area contributed by atoms with Crippen molar-refractivity contribution in [1.82, 2.24) is 14.9 Å². The standard InChI is InChI=1S/C17H23N5O2.C4H8/c1-11(24)14(18)9-22-16-8-12(10-23)2-3-15(16)21-17(22)20-13-4-6-19-7-5-13;1-3-4-2/h2-3,8,13,18-19,23-24H,1,4-7,9-10H2,(H,20,21);3-4H,1-2H3/b;4-3+. The summed E-state index contributed by atoms with van der Waals surface area (Å²) in [6.45, 7) is 9.48. The molecule has 1 aromatic heterocycles. The molecular formula is C21H31N5O2. The van der Waals surface area contributed by atoms with Gasteiger partial charge in [-0.3, -0.25) is 5.41 Å². The molecule has 28 heavy (non-hydrogen) atoms. The molecule has 0 bridgehead atoms. The number of benzene rings is 1. The number of imidazole rings is 1. The third kappa shape index (κ3) is 5.68. The van der Waals surface area contributed by atoms with Crippen LogP contribution in [0.1, 0.15) is 32.3 Å². The minimum atomic E-state index is -0.247. The number of nitrogens with one attached hydrogen (secondary N) is 3. The van der Waals surface area contributed by atoms with Gasteiger partial charge < -0.3 is 25.4 Å². The number of fused-ring (bicyclic) bond motifs is 1. The summed E-state index contributed by atoms with van der Waals surface area (Å²) in [5.41, 5.74) is 2.44. The van der Waals surface area contributed by atoms with Crippen molar-refractivity contribution in [2.24, 2.45) is 0 Å². The molecule has 1 aliphatic rings. The van der Waals surface area contributed by atoms with Crippen LogP contribution in [0.25, 0.3) is 11.0 Å². The third-order valence-corrected chi connectivity index (χ3v) is 4.67. The van der Waals surface area contributed by atoms with Gasteiger partial charge in [-0.25, -0.2) is 4.98 Å². The fourth-order valence-electron chi connectivity index (χ4n) is 2.94. The van der Waals surface area contributed by atoms with Crippen LogP contribution >= 0.6 is 0 Å². The van der Waals surface area contributed by atoms with Gasteiger partial charge in [-0.05, 0) is 57.5 Å². The number of aliphatic hydroxyl groups excluding tert-OH is 2. The lowest BCUT2D eigenvalue weighted by molar-refractivity contribution is 0.282. The highest BCUT2D eigenvalue weighted by Gasteiger charge is 2.18. The van der Waals surface area contributed by atoms with Gasteiger partial charge in [0, 0.05) is 6.04 Å². The van der Waals surface area contributed by atoms with Crippen LogP contribution in [0.2, 0.25) is 0 Å². The summed E-state index contributed by atoms with van der Waals surface area (Å²) in [5.74, 6) is 0.431. The molecule has 0 radical (unpaired) electrons. The zero-order chi connectivity index (χ0) is 20.5. The summed E-state index contributed by atoms with van der Waals surface area (Å²) in [7, 11) is 0. The van der Waals surface area contributed by atoms with E-state index in [9.17, 15) is 10.2 Å². The Balaban J connectivity index is 0.000000640. The van der Waals surface area contributed by atoms with Crippen molar-refractivity contribution < 1.29 is 10.2 Å². The average Bonchev–Trinajstić information content (AvgIpc) is 3.05. The van der Waals surface area contributed by atoms with Gasteiger partial charge in [-0.1, -0.05) is 24.8 Å². The summed E-state index contributed by atoms with van der Waals surface area (Å²) in [6, 6.07) is 5.89. The first-order valence-electron chi connectivity index (χ1n) is 9.60. The van der Waals surface area contributed by atoms with E-state index in [1.165, 1.54) is 0 Å². The SMILES string of the molecule is C/C=C/C.C=C(O)C(=N)Cn1c(NC2CCNCC2)nc2ccc(CO)cc21. The molecule has 0 amide bonds. The second-order valence-corrected chi connectivity index (χ2v) is 6.76. The number of hydrogen-bond acceptors (Lipinski definition) is 6. The van der Waals surface area contributed by atoms with Crippen LogP contribution in [0.3, 0.4) is 0 Å². The van der Waals surface area contributed by atoms with Crippen molar-refractivity contribution in [3.05, 3.63) is 48.3 Å². The van der Waals surface area contributed by atoms with E-state index in [2.05, 4.69) is 22.2 Å². The summed E-state index contributed by atoms with van der Waals surface area (Å²) >= 11 is 0. The van der Waals surface area contributed by atoms with Crippen molar-refractivity contribution in [2.75, 3.05) is 18.4 Å². The fourth-order valence-corrected chi connectivity index (χ4v) is 2.94. The van der Waals surface area contributed by atoms with Gasteiger partial charge in [-0.15, -0.1) is 0 Å². The number of hydrogen-bond donors (Lipinski definition) is 5. The smallest absolute Gasteiger partial charge is 0.204 e. The van der Waals surface area contributed by atoms with E-state index in [0.29, 0.717) is 12.0 Å². The van der Waals surface area contributed by atoms with E-state index in [4.69, 9.17) is 5.41 Å². The number of aliphatic hydroxyl groups is 2. The highest BCUT2D eigenvalue weighted by Crippen LogP contribution is 2.23. The first kappa shape index (κ1) is 21.7. The highest BCUT2D eigenvalue weighted by molar-refractivity contribution is 5.96. The molecule has 1 saturated heterocycles. The zero-order valence-electron chi connectivity index (χ0n) is 16.7. The third-order valence-electron chi connectivity index (χ3n) is 4.67. The van der Waals surface area contributed by atoms with Crippen molar-refractivity contribution in [3.63, 3.8) is 0 Å². The van der Waals surface area contributed by atoms with Crippen LogP contribution in [0.5, 0.6) is 0 Å². The summed E-state index contributed by atoms with van der Waals surface area (Å²) in [6.07, 6.45) is 6.02. The first-order valence-corrected chi connectivity index (χ1v) is 9.60. The predicted octanol–water partition coefficient (Wildman–Crippen LogP) is 3.37. The second-order valence-electron chi connectivity index (χ2n) is 6.76. The monoisotopic (exact) mass is 385 g/mol. The van der Waals surface area contributed by atoms with Crippen LogP contribution in [-0.4, -0.2) is 44.6 Å². The van der Waals surface area contributed by atoms with E-state index < -0.39 is 0 Å². The minimum Gasteiger partial charge on any atom is -0.507 e. The van der Waals surface area contributed by atoms with Crippen molar-refractivity contribution in [2.45, 2.75) is 45.9 Å². The molecule has 0 unspecified atom stereocenters. The summed E-state index contributed by atoms with van der Waals surface area (Å²) in [5, 5.41) is 33.6. The summed E-state index contributed by atoms with van der Waals surface area (Å²) < 4.78 is 1.86. The molecule has 0 spiro atoms. The molecule has 1 fully saturated rings. The molecule has 152 valence electrons. The zero-order valence-corrected chi connectivity index (χ0v) is 16.7. The van der Waals surface area contributed by atoms with Crippen molar-refractivity contribution in [3.8, 4) is 0 Å². The lowest BCUT2D eigenvalue weighted by Gasteiger charge is -2.24. The molecule has 0 aliphatic carbocycles. The van der Waals surface area contributed by atoms with E-state index >= 15 is 0 Å².